The predicted octanol–water partition coefficient (Wildman–Crippen LogP) is 0.370. The van der Waals surface area contributed by atoms with Crippen LogP contribution in [0.4, 0.5) is 4.79 Å². The predicted molar refractivity (Wildman–Crippen MR) is 96.9 cm³/mol. The van der Waals surface area contributed by atoms with Gasteiger partial charge in [0.05, 0.1) is 19.8 Å². The minimum absolute atomic E-state index is 0.0412. The molecular formula is C17H37N3O5. The molecule has 0 aliphatic carbocycles. The van der Waals surface area contributed by atoms with Crippen molar-refractivity contribution in [3.63, 3.8) is 0 Å². The fourth-order valence-corrected chi connectivity index (χ4v) is 2.56. The van der Waals surface area contributed by atoms with Crippen molar-refractivity contribution in [1.29, 1.82) is 0 Å². The highest BCUT2D eigenvalue weighted by molar-refractivity contribution is 5.67. The Balaban J connectivity index is 4.40. The van der Waals surface area contributed by atoms with Gasteiger partial charge < -0.3 is 25.4 Å². The van der Waals surface area contributed by atoms with Crippen molar-refractivity contribution in [1.82, 2.24) is 16.0 Å². The Morgan fingerprint density at radius 2 is 1.80 bits per heavy atom. The SMILES string of the molecule is COC(=O)NC(C(O)NCCC(O)NC(CO)CC(C)C)C(C)(C)C. The van der Waals surface area contributed by atoms with Crippen molar-refractivity contribution >= 4 is 6.09 Å². The Hall–Kier alpha value is -0.930. The molecule has 0 aliphatic heterocycles. The molecule has 8 heteroatoms. The highest BCUT2D eigenvalue weighted by atomic mass is 16.5. The maximum absolute atomic E-state index is 11.5. The van der Waals surface area contributed by atoms with Crippen LogP contribution in [-0.4, -0.2) is 66.2 Å². The molecule has 0 spiro atoms. The van der Waals surface area contributed by atoms with E-state index in [2.05, 4.69) is 34.5 Å². The molecule has 0 saturated carbocycles. The van der Waals surface area contributed by atoms with E-state index in [1.165, 1.54) is 7.11 Å². The molecule has 0 aliphatic rings. The highest BCUT2D eigenvalue weighted by Gasteiger charge is 2.32. The van der Waals surface area contributed by atoms with Gasteiger partial charge in [-0.15, -0.1) is 0 Å². The van der Waals surface area contributed by atoms with Gasteiger partial charge in [0.1, 0.15) is 12.5 Å². The number of methoxy groups -OCH3 is 1. The van der Waals surface area contributed by atoms with Crippen LogP contribution in [0.1, 0.15) is 47.5 Å². The Bertz CT molecular complexity index is 374. The summed E-state index contributed by atoms with van der Waals surface area (Å²) in [7, 11) is 1.27. The van der Waals surface area contributed by atoms with E-state index in [-0.39, 0.29) is 12.6 Å². The van der Waals surface area contributed by atoms with Crippen LogP contribution in [0, 0.1) is 11.3 Å². The fourth-order valence-electron chi connectivity index (χ4n) is 2.56. The number of rotatable bonds is 11. The molecule has 1 amide bonds. The van der Waals surface area contributed by atoms with Crippen LogP contribution >= 0.6 is 0 Å². The van der Waals surface area contributed by atoms with E-state index in [4.69, 9.17) is 0 Å². The van der Waals surface area contributed by atoms with Gasteiger partial charge in [-0.1, -0.05) is 34.6 Å². The number of aliphatic hydroxyl groups is 3. The molecule has 4 atom stereocenters. The maximum Gasteiger partial charge on any atom is 0.407 e. The van der Waals surface area contributed by atoms with E-state index in [1.54, 1.807) is 0 Å². The lowest BCUT2D eigenvalue weighted by molar-refractivity contribution is 0.0357. The average molecular weight is 363 g/mol. The van der Waals surface area contributed by atoms with E-state index < -0.39 is 30.0 Å². The summed E-state index contributed by atoms with van der Waals surface area (Å²) in [5.74, 6) is 0.411. The fraction of sp³-hybridized carbons (Fsp3) is 0.941. The summed E-state index contributed by atoms with van der Waals surface area (Å²) in [4.78, 5) is 11.5. The normalized spacial score (nSPS) is 17.0. The summed E-state index contributed by atoms with van der Waals surface area (Å²) in [5.41, 5.74) is -0.392. The molecule has 0 radical (unpaired) electrons. The lowest BCUT2D eigenvalue weighted by Crippen LogP contribution is -2.56. The summed E-state index contributed by atoms with van der Waals surface area (Å²) in [6.45, 7) is 10.1. The van der Waals surface area contributed by atoms with Gasteiger partial charge in [0.15, 0.2) is 0 Å². The van der Waals surface area contributed by atoms with E-state index in [9.17, 15) is 20.1 Å². The van der Waals surface area contributed by atoms with Gasteiger partial charge in [-0.3, -0.25) is 10.6 Å². The first-order chi connectivity index (χ1) is 11.5. The molecule has 8 nitrogen and oxygen atoms in total. The number of nitrogens with one attached hydrogen (secondary N) is 3. The lowest BCUT2D eigenvalue weighted by atomic mass is 9.85. The van der Waals surface area contributed by atoms with E-state index in [0.717, 1.165) is 6.42 Å². The first-order valence-corrected chi connectivity index (χ1v) is 8.82. The van der Waals surface area contributed by atoms with Gasteiger partial charge in [0, 0.05) is 12.6 Å². The summed E-state index contributed by atoms with van der Waals surface area (Å²) in [6.07, 6.45) is -1.28. The minimum Gasteiger partial charge on any atom is -0.453 e. The van der Waals surface area contributed by atoms with Crippen molar-refractivity contribution in [2.75, 3.05) is 20.3 Å². The third-order valence-electron chi connectivity index (χ3n) is 3.88. The molecule has 6 N–H and O–H groups in total. The van der Waals surface area contributed by atoms with Crippen molar-refractivity contribution in [2.45, 2.75) is 72.0 Å². The van der Waals surface area contributed by atoms with E-state index in [0.29, 0.717) is 18.9 Å². The molecule has 4 unspecified atom stereocenters. The topological polar surface area (TPSA) is 123 Å². The van der Waals surface area contributed by atoms with Crippen molar-refractivity contribution in [2.24, 2.45) is 11.3 Å². The number of hydrogen-bond acceptors (Lipinski definition) is 7. The molecule has 25 heavy (non-hydrogen) atoms. The van der Waals surface area contributed by atoms with Gasteiger partial charge in [0.25, 0.3) is 0 Å². The van der Waals surface area contributed by atoms with Crippen molar-refractivity contribution < 1.29 is 24.9 Å². The number of ether oxygens (including phenoxy) is 1. The zero-order chi connectivity index (χ0) is 19.6. The van der Waals surface area contributed by atoms with Crippen LogP contribution in [0.5, 0.6) is 0 Å². The van der Waals surface area contributed by atoms with Gasteiger partial charge >= 0.3 is 6.09 Å². The molecule has 0 heterocycles. The van der Waals surface area contributed by atoms with Crippen LogP contribution in [0.15, 0.2) is 0 Å². The molecule has 150 valence electrons. The zero-order valence-electron chi connectivity index (χ0n) is 16.4. The average Bonchev–Trinajstić information content (AvgIpc) is 2.49. The van der Waals surface area contributed by atoms with Crippen molar-refractivity contribution in [3.8, 4) is 0 Å². The molecule has 0 aromatic rings. The van der Waals surface area contributed by atoms with Gasteiger partial charge in [-0.2, -0.15) is 0 Å². The van der Waals surface area contributed by atoms with Crippen molar-refractivity contribution in [3.05, 3.63) is 0 Å². The Labute approximate surface area is 151 Å². The molecule has 0 rings (SSSR count). The number of alkyl carbamates (subject to hydrolysis) is 1. The third kappa shape index (κ3) is 10.6. The van der Waals surface area contributed by atoms with Crippen LogP contribution < -0.4 is 16.0 Å². The molecular weight excluding hydrogens is 326 g/mol. The molecule has 0 fully saturated rings. The maximum atomic E-state index is 11.5. The van der Waals surface area contributed by atoms with Crippen LogP contribution in [0.2, 0.25) is 0 Å². The standard InChI is InChI=1S/C17H37N3O5/c1-11(2)9-12(10-21)19-13(22)7-8-18-15(23)14(17(3,4)5)20-16(24)25-6/h11-15,18-19,21-23H,7-10H2,1-6H3,(H,20,24). The first kappa shape index (κ1) is 24.1. The first-order valence-electron chi connectivity index (χ1n) is 8.82. The summed E-state index contributed by atoms with van der Waals surface area (Å²) < 4.78 is 4.59. The van der Waals surface area contributed by atoms with Gasteiger partial charge in [0.2, 0.25) is 0 Å². The molecule has 0 aromatic heterocycles. The Morgan fingerprint density at radius 1 is 1.20 bits per heavy atom. The quantitative estimate of drug-likeness (QED) is 0.293. The largest absolute Gasteiger partial charge is 0.453 e. The van der Waals surface area contributed by atoms with Gasteiger partial charge in [-0.05, 0) is 24.2 Å². The number of carbonyl (C=O) groups excluding carboxylic acids is 1. The Morgan fingerprint density at radius 3 is 2.24 bits per heavy atom. The van der Waals surface area contributed by atoms with Crippen LogP contribution in [0.3, 0.4) is 0 Å². The molecule has 0 bridgehead atoms. The smallest absolute Gasteiger partial charge is 0.407 e. The number of amides is 1. The van der Waals surface area contributed by atoms with Crippen LogP contribution in [0.25, 0.3) is 0 Å². The summed E-state index contributed by atoms with van der Waals surface area (Å²) >= 11 is 0. The summed E-state index contributed by atoms with van der Waals surface area (Å²) in [5, 5.41) is 38.2. The van der Waals surface area contributed by atoms with Crippen LogP contribution in [-0.2, 0) is 4.74 Å². The van der Waals surface area contributed by atoms with E-state index in [1.807, 2.05) is 20.8 Å². The van der Waals surface area contributed by atoms with E-state index >= 15 is 0 Å². The molecule has 0 aromatic carbocycles. The minimum atomic E-state index is -0.990. The third-order valence-corrected chi connectivity index (χ3v) is 3.88. The zero-order valence-corrected chi connectivity index (χ0v) is 16.4. The Kier molecular flexibility index (Phi) is 11.2. The second-order valence-electron chi connectivity index (χ2n) is 7.86. The summed E-state index contributed by atoms with van der Waals surface area (Å²) in [6, 6.07) is -0.723. The monoisotopic (exact) mass is 363 g/mol. The number of aliphatic hydroxyl groups excluding tert-OH is 3. The molecule has 0 saturated heterocycles. The highest BCUT2D eigenvalue weighted by Crippen LogP contribution is 2.21. The second-order valence-corrected chi connectivity index (χ2v) is 7.86. The number of carbonyl (C=O) groups is 1. The van der Waals surface area contributed by atoms with Gasteiger partial charge in [-0.25, -0.2) is 4.79 Å². The second kappa shape index (κ2) is 11.6. The lowest BCUT2D eigenvalue weighted by Gasteiger charge is -2.35. The number of hydrogen-bond donors (Lipinski definition) is 6.